The normalized spacial score (nSPS) is 28.3. The number of benzene rings is 1. The minimum absolute atomic E-state index is 0.0673. The lowest BCUT2D eigenvalue weighted by Crippen LogP contribution is -2.61. The van der Waals surface area contributed by atoms with Crippen LogP contribution in [0, 0.1) is 5.92 Å². The summed E-state index contributed by atoms with van der Waals surface area (Å²) >= 11 is 0. The molecule has 3 rings (SSSR count). The van der Waals surface area contributed by atoms with Gasteiger partial charge >= 0.3 is 0 Å². The maximum atomic E-state index is 11.3. The average molecular weight is 304 g/mol. The molecule has 1 aliphatic heterocycles. The molecule has 4 nitrogen and oxygen atoms in total. The minimum atomic E-state index is -0.0673. The number of hydrogen-bond acceptors (Lipinski definition) is 4. The molecule has 1 saturated carbocycles. The molecule has 1 saturated heterocycles. The van der Waals surface area contributed by atoms with Crippen molar-refractivity contribution in [1.29, 1.82) is 0 Å². The van der Waals surface area contributed by atoms with E-state index in [0.717, 1.165) is 44.6 Å². The first kappa shape index (κ1) is 17.0. The number of carbonyl (C=O) groups excluding carboxylic acids is 1. The number of ether oxygens (including phenoxy) is 1. The number of piperidine rings is 1. The van der Waals surface area contributed by atoms with E-state index >= 15 is 0 Å². The molecule has 0 radical (unpaired) electrons. The molecule has 2 N–H and O–H groups in total. The SMILES string of the molecule is CCN1CCC2CC(=O)CCC2(N)C1.COc1ccccc1. The van der Waals surface area contributed by atoms with Crippen molar-refractivity contribution in [2.24, 2.45) is 11.7 Å². The Kier molecular flexibility index (Phi) is 5.98. The number of likely N-dealkylation sites (tertiary alicyclic amines) is 1. The van der Waals surface area contributed by atoms with Crippen molar-refractivity contribution in [3.8, 4) is 5.75 Å². The summed E-state index contributed by atoms with van der Waals surface area (Å²) in [5.41, 5.74) is 6.33. The molecule has 0 aromatic heterocycles. The molecule has 2 fully saturated rings. The van der Waals surface area contributed by atoms with Gasteiger partial charge in [-0.25, -0.2) is 0 Å². The van der Waals surface area contributed by atoms with Crippen molar-refractivity contribution in [3.63, 3.8) is 0 Å². The molecule has 1 aromatic rings. The van der Waals surface area contributed by atoms with Crippen LogP contribution in [0.3, 0.4) is 0 Å². The van der Waals surface area contributed by atoms with Gasteiger partial charge < -0.3 is 15.4 Å². The second kappa shape index (κ2) is 7.75. The Morgan fingerprint density at radius 2 is 2.09 bits per heavy atom. The Bertz CT molecular complexity index is 477. The second-order valence-corrected chi connectivity index (χ2v) is 6.35. The number of nitrogens with two attached hydrogens (primary N) is 1. The molecule has 1 heterocycles. The topological polar surface area (TPSA) is 55.6 Å². The summed E-state index contributed by atoms with van der Waals surface area (Å²) in [5.74, 6) is 1.78. The summed E-state index contributed by atoms with van der Waals surface area (Å²) in [6, 6.07) is 9.68. The number of nitrogens with zero attached hydrogens (tertiary/aromatic N) is 1. The fourth-order valence-electron chi connectivity index (χ4n) is 3.41. The Hall–Kier alpha value is -1.39. The van der Waals surface area contributed by atoms with Crippen LogP contribution >= 0.6 is 0 Å². The van der Waals surface area contributed by atoms with E-state index < -0.39 is 0 Å². The summed E-state index contributed by atoms with van der Waals surface area (Å²) in [6.45, 7) is 5.37. The zero-order valence-corrected chi connectivity index (χ0v) is 13.8. The van der Waals surface area contributed by atoms with Gasteiger partial charge in [-0.05, 0) is 44.0 Å². The van der Waals surface area contributed by atoms with Crippen molar-refractivity contribution < 1.29 is 9.53 Å². The van der Waals surface area contributed by atoms with Crippen LogP contribution in [0.2, 0.25) is 0 Å². The maximum Gasteiger partial charge on any atom is 0.133 e. The predicted molar refractivity (Wildman–Crippen MR) is 89.0 cm³/mol. The van der Waals surface area contributed by atoms with Crippen LogP contribution in [0.4, 0.5) is 0 Å². The standard InChI is InChI=1S/C11H20N2O.C7H8O/c1-2-13-6-4-9-7-10(14)3-5-11(9,12)8-13;1-8-7-5-3-2-4-6-7/h9H,2-8,12H2,1H3;2-6H,1H3. The van der Waals surface area contributed by atoms with Gasteiger partial charge in [0.05, 0.1) is 7.11 Å². The molecule has 2 unspecified atom stereocenters. The lowest BCUT2D eigenvalue weighted by Gasteiger charge is -2.48. The third-order valence-corrected chi connectivity index (χ3v) is 4.89. The minimum Gasteiger partial charge on any atom is -0.497 e. The predicted octanol–water partition coefficient (Wildman–Crippen LogP) is 2.47. The monoisotopic (exact) mass is 304 g/mol. The summed E-state index contributed by atoms with van der Waals surface area (Å²) in [4.78, 5) is 13.8. The molecule has 0 bridgehead atoms. The quantitative estimate of drug-likeness (QED) is 0.912. The molecule has 22 heavy (non-hydrogen) atoms. The van der Waals surface area contributed by atoms with Gasteiger partial charge in [-0.15, -0.1) is 0 Å². The van der Waals surface area contributed by atoms with Gasteiger partial charge in [0.25, 0.3) is 0 Å². The van der Waals surface area contributed by atoms with Gasteiger partial charge in [-0.1, -0.05) is 25.1 Å². The second-order valence-electron chi connectivity index (χ2n) is 6.35. The highest BCUT2D eigenvalue weighted by Crippen LogP contribution is 2.36. The molecule has 2 aliphatic rings. The Labute approximate surface area is 133 Å². The molecular formula is C18H28N2O2. The molecule has 1 aliphatic carbocycles. The number of carbonyl (C=O) groups is 1. The number of methoxy groups -OCH3 is 1. The fourth-order valence-corrected chi connectivity index (χ4v) is 3.41. The highest BCUT2D eigenvalue weighted by Gasteiger charge is 2.43. The molecular weight excluding hydrogens is 276 g/mol. The molecule has 1 aromatic carbocycles. The zero-order valence-electron chi connectivity index (χ0n) is 13.8. The number of ketones is 1. The number of likely N-dealkylation sites (N-methyl/N-ethyl adjacent to an activating group) is 1. The third-order valence-electron chi connectivity index (χ3n) is 4.89. The lowest BCUT2D eigenvalue weighted by molar-refractivity contribution is -0.124. The largest absolute Gasteiger partial charge is 0.497 e. The van der Waals surface area contributed by atoms with E-state index in [1.165, 1.54) is 0 Å². The third kappa shape index (κ3) is 4.31. The maximum absolute atomic E-state index is 11.3. The van der Waals surface area contributed by atoms with Gasteiger partial charge in [0.2, 0.25) is 0 Å². The van der Waals surface area contributed by atoms with E-state index in [0.29, 0.717) is 18.1 Å². The molecule has 4 heteroatoms. The summed E-state index contributed by atoms with van der Waals surface area (Å²) in [6.07, 6.45) is 3.43. The van der Waals surface area contributed by atoms with Crippen molar-refractivity contribution >= 4 is 5.78 Å². The van der Waals surface area contributed by atoms with E-state index in [2.05, 4.69) is 11.8 Å². The Morgan fingerprint density at radius 3 is 2.68 bits per heavy atom. The lowest BCUT2D eigenvalue weighted by atomic mass is 9.69. The summed E-state index contributed by atoms with van der Waals surface area (Å²) < 4.78 is 4.91. The highest BCUT2D eigenvalue weighted by molar-refractivity contribution is 5.80. The molecule has 122 valence electrons. The van der Waals surface area contributed by atoms with Crippen LogP contribution in [-0.2, 0) is 4.79 Å². The summed E-state index contributed by atoms with van der Waals surface area (Å²) in [5, 5.41) is 0. The van der Waals surface area contributed by atoms with Gasteiger partial charge in [0.1, 0.15) is 11.5 Å². The van der Waals surface area contributed by atoms with E-state index in [1.807, 2.05) is 30.3 Å². The fraction of sp³-hybridized carbons (Fsp3) is 0.611. The first-order chi connectivity index (χ1) is 10.6. The van der Waals surface area contributed by atoms with Gasteiger partial charge in [0, 0.05) is 24.9 Å². The Morgan fingerprint density at radius 1 is 1.36 bits per heavy atom. The smallest absolute Gasteiger partial charge is 0.133 e. The number of rotatable bonds is 2. The van der Waals surface area contributed by atoms with Crippen LogP contribution in [0.5, 0.6) is 5.75 Å². The van der Waals surface area contributed by atoms with Crippen molar-refractivity contribution in [2.45, 2.75) is 38.1 Å². The number of fused-ring (bicyclic) bond motifs is 1. The summed E-state index contributed by atoms with van der Waals surface area (Å²) in [7, 11) is 1.66. The number of para-hydroxylation sites is 1. The van der Waals surface area contributed by atoms with Gasteiger partial charge in [-0.3, -0.25) is 4.79 Å². The first-order valence-corrected chi connectivity index (χ1v) is 8.19. The van der Waals surface area contributed by atoms with Crippen LogP contribution in [0.15, 0.2) is 30.3 Å². The van der Waals surface area contributed by atoms with E-state index in [1.54, 1.807) is 7.11 Å². The van der Waals surface area contributed by atoms with Gasteiger partial charge in [0.15, 0.2) is 0 Å². The van der Waals surface area contributed by atoms with E-state index in [-0.39, 0.29) is 5.54 Å². The molecule has 0 spiro atoms. The van der Waals surface area contributed by atoms with E-state index in [4.69, 9.17) is 10.5 Å². The highest BCUT2D eigenvalue weighted by atomic mass is 16.5. The van der Waals surface area contributed by atoms with Crippen LogP contribution in [0.25, 0.3) is 0 Å². The molecule has 2 atom stereocenters. The Balaban J connectivity index is 0.000000188. The van der Waals surface area contributed by atoms with Crippen LogP contribution < -0.4 is 10.5 Å². The zero-order chi connectivity index (χ0) is 16.0. The van der Waals surface area contributed by atoms with Crippen LogP contribution in [-0.4, -0.2) is 43.0 Å². The molecule has 0 amide bonds. The van der Waals surface area contributed by atoms with Gasteiger partial charge in [-0.2, -0.15) is 0 Å². The number of hydrogen-bond donors (Lipinski definition) is 1. The first-order valence-electron chi connectivity index (χ1n) is 8.19. The number of Topliss-reactive ketones (excluding diaryl/α,β-unsaturated/α-hetero) is 1. The van der Waals surface area contributed by atoms with Crippen molar-refractivity contribution in [1.82, 2.24) is 4.90 Å². The van der Waals surface area contributed by atoms with Crippen LogP contribution in [0.1, 0.15) is 32.6 Å². The van der Waals surface area contributed by atoms with E-state index in [9.17, 15) is 4.79 Å². The van der Waals surface area contributed by atoms with Crippen molar-refractivity contribution in [2.75, 3.05) is 26.7 Å². The van der Waals surface area contributed by atoms with Crippen molar-refractivity contribution in [3.05, 3.63) is 30.3 Å². The average Bonchev–Trinajstić information content (AvgIpc) is 2.56.